The van der Waals surface area contributed by atoms with Crippen LogP contribution in [0.1, 0.15) is 33.1 Å². The maximum Gasteiger partial charge on any atom is 0.414 e. The van der Waals surface area contributed by atoms with Crippen LogP contribution in [0.3, 0.4) is 0 Å². The number of amides is 2. The molecule has 118 valence electrons. The van der Waals surface area contributed by atoms with Crippen molar-refractivity contribution in [2.45, 2.75) is 56.5 Å². The zero-order valence-electron chi connectivity index (χ0n) is 12.2. The lowest BCUT2D eigenvalue weighted by atomic mass is 9.70. The van der Waals surface area contributed by atoms with E-state index in [0.29, 0.717) is 6.42 Å². The maximum absolute atomic E-state index is 11.6. The molecular formula is C14H20ClNO5. The van der Waals surface area contributed by atoms with Crippen molar-refractivity contribution in [3.63, 3.8) is 0 Å². The summed E-state index contributed by atoms with van der Waals surface area (Å²) in [5.74, 6) is -0.597. The molecule has 3 aliphatic rings. The standard InChI is InChI=1S/C14H20ClNO5/c1-8-13(2,21-8)10-5-9(3-4-14(10)7-19-14)20-12(18)16-11(17)6-15/h8-10H,3-7H2,1-2H3,(H,16,17,18)/t8?,9-,10-,13?,14?/m1/s1. The molecule has 0 bridgehead atoms. The largest absolute Gasteiger partial charge is 0.446 e. The summed E-state index contributed by atoms with van der Waals surface area (Å²) in [7, 11) is 0. The van der Waals surface area contributed by atoms with Crippen LogP contribution in [0.5, 0.6) is 0 Å². The van der Waals surface area contributed by atoms with Crippen molar-refractivity contribution in [1.29, 1.82) is 0 Å². The molecule has 2 saturated heterocycles. The van der Waals surface area contributed by atoms with Gasteiger partial charge in [-0.3, -0.25) is 10.1 Å². The smallest absolute Gasteiger partial charge is 0.414 e. The Morgan fingerprint density at radius 3 is 2.67 bits per heavy atom. The topological polar surface area (TPSA) is 80.5 Å². The molecule has 0 aromatic rings. The van der Waals surface area contributed by atoms with E-state index in [0.717, 1.165) is 19.4 Å². The zero-order valence-corrected chi connectivity index (χ0v) is 12.9. The van der Waals surface area contributed by atoms with Crippen LogP contribution in [0.2, 0.25) is 0 Å². The molecule has 0 aromatic heterocycles. The fourth-order valence-corrected chi connectivity index (χ4v) is 3.58. The van der Waals surface area contributed by atoms with Crippen LogP contribution in [0.25, 0.3) is 0 Å². The van der Waals surface area contributed by atoms with E-state index in [1.807, 2.05) is 6.92 Å². The molecule has 2 heterocycles. The maximum atomic E-state index is 11.6. The van der Waals surface area contributed by atoms with E-state index in [4.69, 9.17) is 25.8 Å². The number of ether oxygens (including phenoxy) is 3. The number of nitrogens with one attached hydrogen (secondary N) is 1. The molecule has 3 rings (SSSR count). The Hall–Kier alpha value is -0.850. The molecule has 7 heteroatoms. The third-order valence-electron chi connectivity index (χ3n) is 5.05. The lowest BCUT2D eigenvalue weighted by Gasteiger charge is -2.36. The van der Waals surface area contributed by atoms with Gasteiger partial charge in [-0.15, -0.1) is 11.6 Å². The second-order valence-electron chi connectivity index (χ2n) is 6.33. The van der Waals surface area contributed by atoms with E-state index < -0.39 is 12.0 Å². The number of alkyl carbamates (subject to hydrolysis) is 1. The Bertz CT molecular complexity index is 464. The number of hydrogen-bond donors (Lipinski definition) is 1. The summed E-state index contributed by atoms with van der Waals surface area (Å²) in [6.07, 6.45) is 1.54. The van der Waals surface area contributed by atoms with Gasteiger partial charge in [0, 0.05) is 5.92 Å². The summed E-state index contributed by atoms with van der Waals surface area (Å²) in [6, 6.07) is 0. The minimum atomic E-state index is -0.730. The minimum absolute atomic E-state index is 0.0954. The molecule has 0 aromatic carbocycles. The van der Waals surface area contributed by atoms with Gasteiger partial charge in [-0.2, -0.15) is 0 Å². The van der Waals surface area contributed by atoms with Crippen molar-refractivity contribution >= 4 is 23.6 Å². The van der Waals surface area contributed by atoms with Crippen LogP contribution in [0, 0.1) is 5.92 Å². The fraction of sp³-hybridized carbons (Fsp3) is 0.857. The number of hydrogen-bond acceptors (Lipinski definition) is 5. The van der Waals surface area contributed by atoms with Gasteiger partial charge in [0.2, 0.25) is 5.91 Å². The second kappa shape index (κ2) is 5.11. The number of imide groups is 1. The number of carbonyl (C=O) groups is 2. The van der Waals surface area contributed by atoms with Gasteiger partial charge in [0.25, 0.3) is 0 Å². The zero-order chi connectivity index (χ0) is 15.3. The van der Waals surface area contributed by atoms with E-state index >= 15 is 0 Å². The van der Waals surface area contributed by atoms with Gasteiger partial charge >= 0.3 is 6.09 Å². The Morgan fingerprint density at radius 1 is 1.48 bits per heavy atom. The Balaban J connectivity index is 1.59. The fourth-order valence-electron chi connectivity index (χ4n) is 3.52. The molecule has 2 amide bonds. The predicted molar refractivity (Wildman–Crippen MR) is 74.1 cm³/mol. The van der Waals surface area contributed by atoms with Crippen molar-refractivity contribution in [3.05, 3.63) is 0 Å². The second-order valence-corrected chi connectivity index (χ2v) is 6.60. The molecule has 2 aliphatic heterocycles. The van der Waals surface area contributed by atoms with E-state index in [9.17, 15) is 9.59 Å². The Kier molecular flexibility index (Phi) is 3.66. The Labute approximate surface area is 128 Å². The lowest BCUT2D eigenvalue weighted by Crippen LogP contribution is -2.45. The van der Waals surface area contributed by atoms with Gasteiger partial charge < -0.3 is 14.2 Å². The van der Waals surface area contributed by atoms with Crippen molar-refractivity contribution in [2.75, 3.05) is 12.5 Å². The number of alkyl halides is 1. The van der Waals surface area contributed by atoms with Crippen molar-refractivity contribution in [2.24, 2.45) is 5.92 Å². The molecule has 1 saturated carbocycles. The number of carbonyl (C=O) groups excluding carboxylic acids is 2. The van der Waals surface area contributed by atoms with Gasteiger partial charge in [-0.1, -0.05) is 0 Å². The predicted octanol–water partition coefficient (Wildman–Crippen LogP) is 1.59. The summed E-state index contributed by atoms with van der Waals surface area (Å²) in [6.45, 7) is 4.89. The molecule has 3 unspecified atom stereocenters. The van der Waals surface area contributed by atoms with Crippen LogP contribution in [0.15, 0.2) is 0 Å². The van der Waals surface area contributed by atoms with Crippen LogP contribution in [-0.2, 0) is 19.0 Å². The van der Waals surface area contributed by atoms with Crippen molar-refractivity contribution in [1.82, 2.24) is 5.32 Å². The minimum Gasteiger partial charge on any atom is -0.446 e. The summed E-state index contributed by atoms with van der Waals surface area (Å²) in [4.78, 5) is 22.7. The molecule has 21 heavy (non-hydrogen) atoms. The highest BCUT2D eigenvalue weighted by Gasteiger charge is 2.67. The number of halogens is 1. The van der Waals surface area contributed by atoms with Gasteiger partial charge in [-0.05, 0) is 33.1 Å². The molecule has 6 nitrogen and oxygen atoms in total. The lowest BCUT2D eigenvalue weighted by molar-refractivity contribution is -0.118. The molecule has 3 fully saturated rings. The molecule has 1 aliphatic carbocycles. The monoisotopic (exact) mass is 317 g/mol. The summed E-state index contributed by atoms with van der Waals surface area (Å²) >= 11 is 5.34. The normalized spacial score (nSPS) is 44.2. The van der Waals surface area contributed by atoms with Crippen LogP contribution < -0.4 is 5.32 Å². The third kappa shape index (κ3) is 2.76. The average Bonchev–Trinajstić information content (AvgIpc) is 3.32. The molecular weight excluding hydrogens is 298 g/mol. The quantitative estimate of drug-likeness (QED) is 0.631. The average molecular weight is 318 g/mol. The molecule has 1 N–H and O–H groups in total. The first-order chi connectivity index (χ1) is 9.89. The third-order valence-corrected chi connectivity index (χ3v) is 5.29. The van der Waals surface area contributed by atoms with Crippen molar-refractivity contribution < 1.29 is 23.8 Å². The van der Waals surface area contributed by atoms with Gasteiger partial charge in [-0.25, -0.2) is 4.79 Å². The van der Waals surface area contributed by atoms with Gasteiger partial charge in [0.1, 0.15) is 12.0 Å². The number of rotatable bonds is 3. The van der Waals surface area contributed by atoms with E-state index in [1.54, 1.807) is 0 Å². The Morgan fingerprint density at radius 2 is 2.14 bits per heavy atom. The van der Waals surface area contributed by atoms with Gasteiger partial charge in [0.05, 0.1) is 23.9 Å². The van der Waals surface area contributed by atoms with Crippen LogP contribution >= 0.6 is 11.6 Å². The first kappa shape index (κ1) is 15.1. The molecule has 0 radical (unpaired) electrons. The SMILES string of the molecule is CC1OC1(C)[C@H]1C[C@H](OC(=O)NC(=O)CCl)CCC12CO2. The highest BCUT2D eigenvalue weighted by Crippen LogP contribution is 2.58. The molecule has 5 atom stereocenters. The van der Waals surface area contributed by atoms with Crippen LogP contribution in [-0.4, -0.2) is 47.9 Å². The van der Waals surface area contributed by atoms with E-state index in [2.05, 4.69) is 12.2 Å². The summed E-state index contributed by atoms with van der Waals surface area (Å²) in [5.41, 5.74) is -0.289. The van der Waals surface area contributed by atoms with E-state index in [1.165, 1.54) is 0 Å². The number of epoxide rings is 2. The highest BCUT2D eigenvalue weighted by atomic mass is 35.5. The summed E-state index contributed by atoms with van der Waals surface area (Å²) < 4.78 is 16.8. The first-order valence-corrected chi connectivity index (χ1v) is 7.81. The summed E-state index contributed by atoms with van der Waals surface area (Å²) in [5, 5.41) is 2.10. The first-order valence-electron chi connectivity index (χ1n) is 7.28. The van der Waals surface area contributed by atoms with Crippen molar-refractivity contribution in [3.8, 4) is 0 Å². The highest BCUT2D eigenvalue weighted by molar-refractivity contribution is 6.28. The van der Waals surface area contributed by atoms with Gasteiger partial charge in [0.15, 0.2) is 0 Å². The van der Waals surface area contributed by atoms with E-state index in [-0.39, 0.29) is 35.2 Å². The van der Waals surface area contributed by atoms with Crippen LogP contribution in [0.4, 0.5) is 4.79 Å². The molecule has 1 spiro atoms.